The lowest BCUT2D eigenvalue weighted by Gasteiger charge is -2.30. The zero-order valence-electron chi connectivity index (χ0n) is 11.5. The molecule has 0 fully saturated rings. The molecule has 110 valence electrons. The SMILES string of the molecule is CCC(C)(CCO)Nc1ccc(C(N)=O)cc1[N+](=O)[O-]. The lowest BCUT2D eigenvalue weighted by molar-refractivity contribution is -0.384. The molecule has 0 radical (unpaired) electrons. The van der Waals surface area contributed by atoms with Crippen molar-refractivity contribution in [3.05, 3.63) is 33.9 Å². The van der Waals surface area contributed by atoms with Gasteiger partial charge in [0.1, 0.15) is 5.69 Å². The predicted octanol–water partition coefficient (Wildman–Crippen LogP) is 1.66. The highest BCUT2D eigenvalue weighted by molar-refractivity contribution is 5.94. The molecule has 0 aliphatic rings. The smallest absolute Gasteiger partial charge is 0.293 e. The molecular formula is C13H19N3O4. The van der Waals surface area contributed by atoms with E-state index in [1.165, 1.54) is 12.1 Å². The number of amides is 1. The van der Waals surface area contributed by atoms with E-state index in [9.17, 15) is 14.9 Å². The topological polar surface area (TPSA) is 118 Å². The largest absolute Gasteiger partial charge is 0.396 e. The average molecular weight is 281 g/mol. The van der Waals surface area contributed by atoms with Crippen LogP contribution in [0.15, 0.2) is 18.2 Å². The van der Waals surface area contributed by atoms with Gasteiger partial charge in [-0.2, -0.15) is 0 Å². The molecule has 0 aromatic heterocycles. The molecular weight excluding hydrogens is 262 g/mol. The minimum Gasteiger partial charge on any atom is -0.396 e. The van der Waals surface area contributed by atoms with Gasteiger partial charge >= 0.3 is 0 Å². The Morgan fingerprint density at radius 3 is 2.65 bits per heavy atom. The number of carbonyl (C=O) groups is 1. The standard InChI is InChI=1S/C13H19N3O4/c1-3-13(2,6-7-17)15-10-5-4-9(12(14)18)8-11(10)16(19)20/h4-5,8,15,17H,3,6-7H2,1-2H3,(H2,14,18). The Morgan fingerprint density at radius 2 is 2.20 bits per heavy atom. The highest BCUT2D eigenvalue weighted by atomic mass is 16.6. The summed E-state index contributed by atoms with van der Waals surface area (Å²) >= 11 is 0. The molecule has 7 heteroatoms. The molecule has 0 heterocycles. The Morgan fingerprint density at radius 1 is 1.55 bits per heavy atom. The Balaban J connectivity index is 3.17. The van der Waals surface area contributed by atoms with E-state index < -0.39 is 16.4 Å². The summed E-state index contributed by atoms with van der Waals surface area (Å²) in [7, 11) is 0. The molecule has 0 saturated heterocycles. The predicted molar refractivity (Wildman–Crippen MR) is 75.6 cm³/mol. The number of primary amides is 1. The summed E-state index contributed by atoms with van der Waals surface area (Å²) in [5.41, 5.74) is 4.83. The number of aliphatic hydroxyl groups is 1. The van der Waals surface area contributed by atoms with Crippen molar-refractivity contribution in [1.82, 2.24) is 0 Å². The molecule has 1 atom stereocenters. The molecule has 7 nitrogen and oxygen atoms in total. The van der Waals surface area contributed by atoms with E-state index in [2.05, 4.69) is 5.32 Å². The fourth-order valence-electron chi connectivity index (χ4n) is 1.84. The maximum absolute atomic E-state index is 11.1. The van der Waals surface area contributed by atoms with Gasteiger partial charge in [-0.05, 0) is 31.9 Å². The minimum atomic E-state index is -0.715. The second kappa shape index (κ2) is 6.33. The van der Waals surface area contributed by atoms with Crippen molar-refractivity contribution in [1.29, 1.82) is 0 Å². The molecule has 20 heavy (non-hydrogen) atoms. The highest BCUT2D eigenvalue weighted by Gasteiger charge is 2.25. The van der Waals surface area contributed by atoms with E-state index in [1.54, 1.807) is 0 Å². The number of carbonyl (C=O) groups excluding carboxylic acids is 1. The highest BCUT2D eigenvalue weighted by Crippen LogP contribution is 2.30. The van der Waals surface area contributed by atoms with Crippen LogP contribution in [0.5, 0.6) is 0 Å². The van der Waals surface area contributed by atoms with Gasteiger partial charge in [0.2, 0.25) is 5.91 Å². The van der Waals surface area contributed by atoms with Crippen LogP contribution in [-0.2, 0) is 0 Å². The number of benzene rings is 1. The summed E-state index contributed by atoms with van der Waals surface area (Å²) < 4.78 is 0. The minimum absolute atomic E-state index is 0.0233. The van der Waals surface area contributed by atoms with Crippen molar-refractivity contribution < 1.29 is 14.8 Å². The van der Waals surface area contributed by atoms with Crippen molar-refractivity contribution >= 4 is 17.3 Å². The molecule has 1 rings (SSSR count). The lowest BCUT2D eigenvalue weighted by Crippen LogP contribution is -2.35. The van der Waals surface area contributed by atoms with Crippen LogP contribution in [0, 0.1) is 10.1 Å². The second-order valence-corrected chi connectivity index (χ2v) is 4.87. The summed E-state index contributed by atoms with van der Waals surface area (Å²) in [5.74, 6) is -0.715. The number of nitro benzene ring substituents is 1. The number of hydrogen-bond donors (Lipinski definition) is 3. The van der Waals surface area contributed by atoms with E-state index in [-0.39, 0.29) is 17.9 Å². The number of hydrogen-bond acceptors (Lipinski definition) is 5. The third-order valence-corrected chi connectivity index (χ3v) is 3.36. The summed E-state index contributed by atoms with van der Waals surface area (Å²) in [6.45, 7) is 3.77. The molecule has 0 aliphatic carbocycles. The Bertz CT molecular complexity index is 518. The molecule has 0 bridgehead atoms. The second-order valence-electron chi connectivity index (χ2n) is 4.87. The van der Waals surface area contributed by atoms with Crippen LogP contribution in [0.4, 0.5) is 11.4 Å². The van der Waals surface area contributed by atoms with Crippen LogP contribution in [-0.4, -0.2) is 28.1 Å². The molecule has 1 unspecified atom stereocenters. The Hall–Kier alpha value is -2.15. The number of nitrogens with one attached hydrogen (secondary N) is 1. The van der Waals surface area contributed by atoms with Gasteiger partial charge in [-0.3, -0.25) is 14.9 Å². The molecule has 1 amide bonds. The molecule has 0 spiro atoms. The van der Waals surface area contributed by atoms with Crippen molar-refractivity contribution in [2.75, 3.05) is 11.9 Å². The van der Waals surface area contributed by atoms with Gasteiger partial charge in [-0.25, -0.2) is 0 Å². The maximum atomic E-state index is 11.1. The van der Waals surface area contributed by atoms with Gasteiger partial charge in [-0.15, -0.1) is 0 Å². The zero-order chi connectivity index (χ0) is 15.3. The van der Waals surface area contributed by atoms with Gasteiger partial charge in [-0.1, -0.05) is 6.92 Å². The van der Waals surface area contributed by atoms with E-state index in [0.717, 1.165) is 6.07 Å². The Labute approximate surface area is 116 Å². The van der Waals surface area contributed by atoms with Gasteiger partial charge in [0.15, 0.2) is 0 Å². The molecule has 1 aromatic rings. The summed E-state index contributed by atoms with van der Waals surface area (Å²) in [5, 5.41) is 23.2. The summed E-state index contributed by atoms with van der Waals surface area (Å²) in [6.07, 6.45) is 1.14. The number of nitrogens with two attached hydrogens (primary N) is 1. The number of nitrogens with zero attached hydrogens (tertiary/aromatic N) is 1. The monoisotopic (exact) mass is 281 g/mol. The van der Waals surface area contributed by atoms with Crippen molar-refractivity contribution in [2.45, 2.75) is 32.2 Å². The van der Waals surface area contributed by atoms with Crippen LogP contribution < -0.4 is 11.1 Å². The van der Waals surface area contributed by atoms with E-state index in [4.69, 9.17) is 10.8 Å². The van der Waals surface area contributed by atoms with Gasteiger partial charge < -0.3 is 16.2 Å². The Kier molecular flexibility index (Phi) is 5.04. The first kappa shape index (κ1) is 15.9. The fraction of sp³-hybridized carbons (Fsp3) is 0.462. The van der Waals surface area contributed by atoms with Gasteiger partial charge in [0.25, 0.3) is 5.69 Å². The molecule has 4 N–H and O–H groups in total. The van der Waals surface area contributed by atoms with Crippen molar-refractivity contribution in [3.63, 3.8) is 0 Å². The maximum Gasteiger partial charge on any atom is 0.293 e. The molecule has 0 aliphatic heterocycles. The van der Waals surface area contributed by atoms with Crippen LogP contribution in [0.2, 0.25) is 0 Å². The van der Waals surface area contributed by atoms with Crippen molar-refractivity contribution in [3.8, 4) is 0 Å². The lowest BCUT2D eigenvalue weighted by atomic mass is 9.94. The number of aliphatic hydroxyl groups excluding tert-OH is 1. The van der Waals surface area contributed by atoms with Gasteiger partial charge in [0.05, 0.1) is 4.92 Å². The van der Waals surface area contributed by atoms with Crippen LogP contribution in [0.3, 0.4) is 0 Å². The normalized spacial score (nSPS) is 13.6. The third-order valence-electron chi connectivity index (χ3n) is 3.36. The zero-order valence-corrected chi connectivity index (χ0v) is 11.5. The van der Waals surface area contributed by atoms with Crippen LogP contribution in [0.25, 0.3) is 0 Å². The molecule has 1 aromatic carbocycles. The fourth-order valence-corrected chi connectivity index (χ4v) is 1.84. The van der Waals surface area contributed by atoms with Crippen LogP contribution in [0.1, 0.15) is 37.0 Å². The van der Waals surface area contributed by atoms with Crippen LogP contribution >= 0.6 is 0 Å². The van der Waals surface area contributed by atoms with Crippen molar-refractivity contribution in [2.24, 2.45) is 5.73 Å². The molecule has 0 saturated carbocycles. The first-order valence-corrected chi connectivity index (χ1v) is 6.30. The first-order valence-electron chi connectivity index (χ1n) is 6.30. The summed E-state index contributed by atoms with van der Waals surface area (Å²) in [4.78, 5) is 21.6. The first-order chi connectivity index (χ1) is 9.33. The van der Waals surface area contributed by atoms with E-state index in [0.29, 0.717) is 18.5 Å². The van der Waals surface area contributed by atoms with E-state index >= 15 is 0 Å². The third kappa shape index (κ3) is 3.67. The quantitative estimate of drug-likeness (QED) is 0.518. The number of rotatable bonds is 7. The van der Waals surface area contributed by atoms with Gasteiger partial charge in [0, 0.05) is 23.8 Å². The van der Waals surface area contributed by atoms with E-state index in [1.807, 2.05) is 13.8 Å². The average Bonchev–Trinajstić information content (AvgIpc) is 2.38. The number of anilines is 1. The number of nitro groups is 1. The summed E-state index contributed by atoms with van der Waals surface area (Å²) in [6, 6.07) is 4.05.